The van der Waals surface area contributed by atoms with Crippen LogP contribution in [0.3, 0.4) is 0 Å². The van der Waals surface area contributed by atoms with Crippen LogP contribution in [-0.2, 0) is 4.74 Å². The van der Waals surface area contributed by atoms with Crippen molar-refractivity contribution in [2.75, 3.05) is 7.11 Å². The summed E-state index contributed by atoms with van der Waals surface area (Å²) in [6, 6.07) is 0. The van der Waals surface area contributed by atoms with E-state index in [0.29, 0.717) is 0 Å². The van der Waals surface area contributed by atoms with E-state index in [4.69, 9.17) is 4.74 Å². The molecule has 1 aliphatic carbocycles. The number of carbonyl (C=O) groups excluding carboxylic acids is 1. The maximum Gasteiger partial charge on any atom is 0.196 e. The molecule has 0 amide bonds. The van der Waals surface area contributed by atoms with Crippen molar-refractivity contribution in [2.24, 2.45) is 0 Å². The molecule has 1 heterocycles. The zero-order valence-electron chi connectivity index (χ0n) is 8.59. The van der Waals surface area contributed by atoms with Gasteiger partial charge in [0.25, 0.3) is 0 Å². The molecular weight excluding hydrogens is 276 g/mol. The van der Waals surface area contributed by atoms with Gasteiger partial charge in [0.15, 0.2) is 5.78 Å². The van der Waals surface area contributed by atoms with Crippen LogP contribution in [0.4, 0.5) is 0 Å². The number of halogens is 1. The lowest BCUT2D eigenvalue weighted by Crippen LogP contribution is -2.37. The van der Waals surface area contributed by atoms with E-state index in [2.05, 4.69) is 15.9 Å². The predicted octanol–water partition coefficient (Wildman–Crippen LogP) is 3.65. The van der Waals surface area contributed by atoms with Crippen molar-refractivity contribution < 1.29 is 9.53 Å². The molecule has 0 aromatic carbocycles. The van der Waals surface area contributed by atoms with Crippen LogP contribution in [0.15, 0.2) is 15.2 Å². The number of ketones is 1. The van der Waals surface area contributed by atoms with Gasteiger partial charge in [-0.2, -0.15) is 11.3 Å². The molecule has 4 heteroatoms. The Morgan fingerprint density at radius 1 is 1.47 bits per heavy atom. The van der Waals surface area contributed by atoms with Crippen molar-refractivity contribution >= 4 is 33.0 Å². The highest BCUT2D eigenvalue weighted by atomic mass is 79.9. The van der Waals surface area contributed by atoms with Crippen LogP contribution >= 0.6 is 27.3 Å². The average molecular weight is 289 g/mol. The molecule has 0 atom stereocenters. The van der Waals surface area contributed by atoms with Crippen LogP contribution < -0.4 is 0 Å². The molecule has 1 saturated carbocycles. The molecule has 1 aromatic rings. The summed E-state index contributed by atoms with van der Waals surface area (Å²) < 4.78 is 6.36. The SMILES string of the molecule is COC1(C(=O)c2cscc2Br)CCCC1. The van der Waals surface area contributed by atoms with Gasteiger partial charge < -0.3 is 4.74 Å². The van der Waals surface area contributed by atoms with Gasteiger partial charge in [-0.05, 0) is 41.6 Å². The second-order valence-corrected chi connectivity index (χ2v) is 5.47. The molecule has 1 aliphatic rings. The largest absolute Gasteiger partial charge is 0.370 e. The summed E-state index contributed by atoms with van der Waals surface area (Å²) in [5.41, 5.74) is 0.215. The van der Waals surface area contributed by atoms with E-state index >= 15 is 0 Å². The quantitative estimate of drug-likeness (QED) is 0.794. The van der Waals surface area contributed by atoms with Crippen molar-refractivity contribution in [3.8, 4) is 0 Å². The molecular formula is C11H13BrO2S. The summed E-state index contributed by atoms with van der Waals surface area (Å²) in [4.78, 5) is 12.3. The molecule has 0 spiro atoms. The predicted molar refractivity (Wildman–Crippen MR) is 64.6 cm³/mol. The van der Waals surface area contributed by atoms with Crippen molar-refractivity contribution in [3.05, 3.63) is 20.8 Å². The molecule has 0 aliphatic heterocycles. The van der Waals surface area contributed by atoms with E-state index < -0.39 is 5.60 Å². The van der Waals surface area contributed by atoms with E-state index in [1.165, 1.54) is 11.3 Å². The third kappa shape index (κ3) is 1.90. The Bertz CT molecular complexity index is 366. The lowest BCUT2D eigenvalue weighted by atomic mass is 9.92. The van der Waals surface area contributed by atoms with Crippen LogP contribution in [0.2, 0.25) is 0 Å². The van der Waals surface area contributed by atoms with Gasteiger partial charge in [0, 0.05) is 27.9 Å². The van der Waals surface area contributed by atoms with Crippen molar-refractivity contribution in [2.45, 2.75) is 31.3 Å². The summed E-state index contributed by atoms with van der Waals surface area (Å²) in [7, 11) is 1.64. The lowest BCUT2D eigenvalue weighted by molar-refractivity contribution is 0.00600. The van der Waals surface area contributed by atoms with Gasteiger partial charge in [-0.3, -0.25) is 4.79 Å². The first-order valence-electron chi connectivity index (χ1n) is 5.01. The van der Waals surface area contributed by atoms with E-state index in [1.54, 1.807) is 7.11 Å². The molecule has 15 heavy (non-hydrogen) atoms. The van der Waals surface area contributed by atoms with Crippen molar-refractivity contribution in [1.82, 2.24) is 0 Å². The number of methoxy groups -OCH3 is 1. The monoisotopic (exact) mass is 288 g/mol. The standard InChI is InChI=1S/C11H13BrO2S/c1-14-11(4-2-3-5-11)10(13)8-6-15-7-9(8)12/h6-7H,2-5H2,1H3. The minimum absolute atomic E-state index is 0.135. The molecule has 1 fully saturated rings. The smallest absolute Gasteiger partial charge is 0.196 e. The number of ether oxygens (including phenoxy) is 1. The Hall–Kier alpha value is -0.190. The van der Waals surface area contributed by atoms with E-state index in [0.717, 1.165) is 35.7 Å². The van der Waals surface area contributed by atoms with Gasteiger partial charge >= 0.3 is 0 Å². The van der Waals surface area contributed by atoms with Crippen LogP contribution in [-0.4, -0.2) is 18.5 Å². The van der Waals surface area contributed by atoms with Crippen LogP contribution in [0.1, 0.15) is 36.0 Å². The first kappa shape index (κ1) is 11.3. The highest BCUT2D eigenvalue weighted by molar-refractivity contribution is 9.10. The normalized spacial score (nSPS) is 19.3. The zero-order valence-corrected chi connectivity index (χ0v) is 11.0. The number of Topliss-reactive ketones (excluding diaryl/α,β-unsaturated/α-hetero) is 1. The van der Waals surface area contributed by atoms with E-state index in [9.17, 15) is 4.79 Å². The maximum atomic E-state index is 12.3. The lowest BCUT2D eigenvalue weighted by Gasteiger charge is -2.25. The number of carbonyl (C=O) groups is 1. The Labute approximate surface area is 102 Å². The second kappa shape index (κ2) is 4.36. The fourth-order valence-electron chi connectivity index (χ4n) is 2.16. The van der Waals surface area contributed by atoms with Crippen molar-refractivity contribution in [1.29, 1.82) is 0 Å². The Kier molecular flexibility index (Phi) is 3.28. The number of rotatable bonds is 3. The van der Waals surface area contributed by atoms with Gasteiger partial charge in [0.1, 0.15) is 5.60 Å². The Morgan fingerprint density at radius 2 is 2.13 bits per heavy atom. The zero-order chi connectivity index (χ0) is 10.9. The Balaban J connectivity index is 2.30. The van der Waals surface area contributed by atoms with Gasteiger partial charge in [0.2, 0.25) is 0 Å². The second-order valence-electron chi connectivity index (χ2n) is 3.87. The highest BCUT2D eigenvalue weighted by Gasteiger charge is 2.42. The summed E-state index contributed by atoms with van der Waals surface area (Å²) in [5, 5.41) is 3.83. The first-order chi connectivity index (χ1) is 7.19. The van der Waals surface area contributed by atoms with Crippen LogP contribution in [0.5, 0.6) is 0 Å². The average Bonchev–Trinajstić information content (AvgIpc) is 2.86. The van der Waals surface area contributed by atoms with Crippen LogP contribution in [0, 0.1) is 0 Å². The van der Waals surface area contributed by atoms with Gasteiger partial charge in [-0.1, -0.05) is 0 Å². The van der Waals surface area contributed by atoms with Crippen LogP contribution in [0.25, 0.3) is 0 Å². The first-order valence-corrected chi connectivity index (χ1v) is 6.75. The number of hydrogen-bond donors (Lipinski definition) is 0. The summed E-state index contributed by atoms with van der Waals surface area (Å²) in [6.07, 6.45) is 3.87. The molecule has 0 N–H and O–H groups in total. The topological polar surface area (TPSA) is 26.3 Å². The minimum Gasteiger partial charge on any atom is -0.370 e. The molecule has 0 unspecified atom stereocenters. The van der Waals surface area contributed by atoms with Gasteiger partial charge in [0.05, 0.1) is 0 Å². The molecule has 82 valence electrons. The third-order valence-electron chi connectivity index (χ3n) is 3.08. The van der Waals surface area contributed by atoms with Gasteiger partial charge in [-0.25, -0.2) is 0 Å². The summed E-state index contributed by atoms with van der Waals surface area (Å²) >= 11 is 4.94. The number of hydrogen-bond acceptors (Lipinski definition) is 3. The van der Waals surface area contributed by atoms with Gasteiger partial charge in [-0.15, -0.1) is 0 Å². The molecule has 0 bridgehead atoms. The highest BCUT2D eigenvalue weighted by Crippen LogP contribution is 2.37. The molecule has 2 nitrogen and oxygen atoms in total. The molecule has 1 aromatic heterocycles. The third-order valence-corrected chi connectivity index (χ3v) is 4.78. The van der Waals surface area contributed by atoms with E-state index in [1.807, 2.05) is 10.8 Å². The maximum absolute atomic E-state index is 12.3. The minimum atomic E-state index is -0.552. The summed E-state index contributed by atoms with van der Waals surface area (Å²) in [5.74, 6) is 0.135. The fourth-order valence-corrected chi connectivity index (χ4v) is 3.61. The molecule has 0 radical (unpaired) electrons. The molecule has 2 rings (SSSR count). The molecule has 0 saturated heterocycles. The Morgan fingerprint density at radius 3 is 2.60 bits per heavy atom. The fraction of sp³-hybridized carbons (Fsp3) is 0.545. The van der Waals surface area contributed by atoms with E-state index in [-0.39, 0.29) is 5.78 Å². The van der Waals surface area contributed by atoms with Crippen molar-refractivity contribution in [3.63, 3.8) is 0 Å². The number of thiophene rings is 1. The summed E-state index contributed by atoms with van der Waals surface area (Å²) in [6.45, 7) is 0.